The summed E-state index contributed by atoms with van der Waals surface area (Å²) in [6.07, 6.45) is 5.15. The summed E-state index contributed by atoms with van der Waals surface area (Å²) < 4.78 is 27.6. The lowest BCUT2D eigenvalue weighted by Gasteiger charge is -2.22. The van der Waals surface area contributed by atoms with Crippen LogP contribution < -0.4 is 10.0 Å². The molecule has 21 heavy (non-hydrogen) atoms. The number of anilines is 1. The number of aryl methyl sites for hydroxylation is 1. The Bertz CT molecular complexity index is 620. The maximum absolute atomic E-state index is 12.4. The lowest BCUT2D eigenvalue weighted by Crippen LogP contribution is -2.36. The summed E-state index contributed by atoms with van der Waals surface area (Å²) in [6, 6.07) is 4.80. The average molecular weight is 310 g/mol. The van der Waals surface area contributed by atoms with Crippen molar-refractivity contribution >= 4 is 21.6 Å². The Balaban J connectivity index is 2.16. The highest BCUT2D eigenvalue weighted by molar-refractivity contribution is 7.89. The third-order valence-electron chi connectivity index (χ3n) is 3.75. The van der Waals surface area contributed by atoms with Crippen LogP contribution in [-0.4, -0.2) is 20.4 Å². The Hall–Kier alpha value is -1.40. The van der Waals surface area contributed by atoms with Gasteiger partial charge in [0.05, 0.1) is 4.90 Å². The molecule has 1 fully saturated rings. The van der Waals surface area contributed by atoms with Crippen LogP contribution in [0.4, 0.5) is 5.69 Å². The van der Waals surface area contributed by atoms with Crippen LogP contribution in [0.3, 0.4) is 0 Å². The van der Waals surface area contributed by atoms with Crippen LogP contribution in [0.15, 0.2) is 23.1 Å². The molecule has 0 heterocycles. The molecular formula is C15H22N2O3S. The molecule has 116 valence electrons. The Morgan fingerprint density at radius 2 is 1.86 bits per heavy atom. The monoisotopic (exact) mass is 310 g/mol. The summed E-state index contributed by atoms with van der Waals surface area (Å²) in [5, 5.41) is 2.68. The number of carbonyl (C=O) groups is 1. The molecule has 6 heteroatoms. The maximum Gasteiger partial charge on any atom is 0.240 e. The van der Waals surface area contributed by atoms with Gasteiger partial charge in [-0.15, -0.1) is 0 Å². The minimum Gasteiger partial charge on any atom is -0.326 e. The molecule has 0 aliphatic heterocycles. The quantitative estimate of drug-likeness (QED) is 0.897. The maximum atomic E-state index is 12.4. The highest BCUT2D eigenvalue weighted by Gasteiger charge is 2.22. The predicted molar refractivity (Wildman–Crippen MR) is 82.7 cm³/mol. The first-order chi connectivity index (χ1) is 9.88. The first-order valence-electron chi connectivity index (χ1n) is 7.29. The highest BCUT2D eigenvalue weighted by atomic mass is 32.2. The lowest BCUT2D eigenvalue weighted by molar-refractivity contribution is -0.114. The number of sulfonamides is 1. The predicted octanol–water partition coefficient (Wildman–Crippen LogP) is 2.56. The first kappa shape index (κ1) is 16.0. The van der Waals surface area contributed by atoms with E-state index in [-0.39, 0.29) is 16.8 Å². The van der Waals surface area contributed by atoms with Gasteiger partial charge >= 0.3 is 0 Å². The van der Waals surface area contributed by atoms with Crippen molar-refractivity contribution < 1.29 is 13.2 Å². The van der Waals surface area contributed by atoms with Gasteiger partial charge in [-0.25, -0.2) is 13.1 Å². The third kappa shape index (κ3) is 4.28. The van der Waals surface area contributed by atoms with Gasteiger partial charge in [-0.3, -0.25) is 4.79 Å². The van der Waals surface area contributed by atoms with Gasteiger partial charge in [0.15, 0.2) is 0 Å². The number of nitrogens with one attached hydrogen (secondary N) is 2. The van der Waals surface area contributed by atoms with E-state index in [0.29, 0.717) is 5.69 Å². The molecule has 0 aromatic heterocycles. The van der Waals surface area contributed by atoms with Crippen molar-refractivity contribution in [2.45, 2.75) is 56.9 Å². The standard InChI is InChI=1S/C15H22N2O3S/c1-11-10-14(8-9-15(11)16-12(2)18)21(19,20)17-13-6-4-3-5-7-13/h8-10,13,17H,3-7H2,1-2H3,(H,16,18). The Morgan fingerprint density at radius 3 is 2.43 bits per heavy atom. The van der Waals surface area contributed by atoms with Crippen LogP contribution in [-0.2, 0) is 14.8 Å². The van der Waals surface area contributed by atoms with E-state index in [9.17, 15) is 13.2 Å². The van der Waals surface area contributed by atoms with Crippen molar-refractivity contribution in [2.75, 3.05) is 5.32 Å². The van der Waals surface area contributed by atoms with Crippen LogP contribution >= 0.6 is 0 Å². The number of hydrogen-bond acceptors (Lipinski definition) is 3. The summed E-state index contributed by atoms with van der Waals surface area (Å²) in [4.78, 5) is 11.3. The van der Waals surface area contributed by atoms with E-state index in [1.54, 1.807) is 19.1 Å². The molecule has 1 aromatic rings. The minimum atomic E-state index is -3.49. The number of benzene rings is 1. The molecule has 0 spiro atoms. The summed E-state index contributed by atoms with van der Waals surface area (Å²) >= 11 is 0. The number of amides is 1. The molecule has 2 rings (SSSR count). The number of rotatable bonds is 4. The van der Waals surface area contributed by atoms with Crippen molar-refractivity contribution in [3.05, 3.63) is 23.8 Å². The molecule has 1 amide bonds. The van der Waals surface area contributed by atoms with E-state index in [2.05, 4.69) is 10.0 Å². The van der Waals surface area contributed by atoms with Gasteiger partial charge in [-0.1, -0.05) is 19.3 Å². The van der Waals surface area contributed by atoms with Crippen LogP contribution in [0.5, 0.6) is 0 Å². The number of carbonyl (C=O) groups excluding carboxylic acids is 1. The van der Waals surface area contributed by atoms with Crippen molar-refractivity contribution in [3.63, 3.8) is 0 Å². The summed E-state index contributed by atoms with van der Waals surface area (Å²) in [7, 11) is -3.49. The second kappa shape index (κ2) is 6.58. The lowest BCUT2D eigenvalue weighted by atomic mass is 9.96. The molecule has 1 aliphatic rings. The van der Waals surface area contributed by atoms with Crippen LogP contribution in [0, 0.1) is 6.92 Å². The van der Waals surface area contributed by atoms with Crippen LogP contribution in [0.2, 0.25) is 0 Å². The zero-order valence-corrected chi connectivity index (χ0v) is 13.3. The van der Waals surface area contributed by atoms with Gasteiger partial charge < -0.3 is 5.32 Å². The fourth-order valence-corrected chi connectivity index (χ4v) is 4.03. The van der Waals surface area contributed by atoms with Crippen molar-refractivity contribution in [1.82, 2.24) is 4.72 Å². The molecule has 1 aromatic carbocycles. The smallest absolute Gasteiger partial charge is 0.240 e. The van der Waals surface area contributed by atoms with E-state index in [0.717, 1.165) is 31.2 Å². The average Bonchev–Trinajstić information content (AvgIpc) is 2.41. The van der Waals surface area contributed by atoms with Crippen molar-refractivity contribution in [2.24, 2.45) is 0 Å². The summed E-state index contributed by atoms with van der Waals surface area (Å²) in [5.41, 5.74) is 1.37. The largest absolute Gasteiger partial charge is 0.326 e. The zero-order valence-electron chi connectivity index (χ0n) is 12.5. The molecule has 2 N–H and O–H groups in total. The van der Waals surface area contributed by atoms with E-state index >= 15 is 0 Å². The van der Waals surface area contributed by atoms with Gasteiger partial charge in [0.25, 0.3) is 0 Å². The molecule has 1 saturated carbocycles. The Labute approximate surface area is 126 Å². The SMILES string of the molecule is CC(=O)Nc1ccc(S(=O)(=O)NC2CCCCC2)cc1C. The van der Waals surface area contributed by atoms with E-state index < -0.39 is 10.0 Å². The Morgan fingerprint density at radius 1 is 1.19 bits per heavy atom. The molecule has 0 bridgehead atoms. The number of hydrogen-bond donors (Lipinski definition) is 2. The summed E-state index contributed by atoms with van der Waals surface area (Å²) in [5.74, 6) is -0.172. The van der Waals surface area contributed by atoms with Gasteiger partial charge in [-0.2, -0.15) is 0 Å². The van der Waals surface area contributed by atoms with Crippen molar-refractivity contribution in [1.29, 1.82) is 0 Å². The molecule has 0 atom stereocenters. The highest BCUT2D eigenvalue weighted by Crippen LogP contribution is 2.22. The topological polar surface area (TPSA) is 75.3 Å². The van der Waals surface area contributed by atoms with E-state index in [1.807, 2.05) is 0 Å². The van der Waals surface area contributed by atoms with Gasteiger partial charge in [0.1, 0.15) is 0 Å². The Kier molecular flexibility index (Phi) is 5.00. The second-order valence-corrected chi connectivity index (χ2v) is 7.33. The third-order valence-corrected chi connectivity index (χ3v) is 5.26. The minimum absolute atomic E-state index is 0.0408. The van der Waals surface area contributed by atoms with Crippen LogP contribution in [0.25, 0.3) is 0 Å². The molecule has 0 radical (unpaired) electrons. The van der Waals surface area contributed by atoms with Gasteiger partial charge in [0.2, 0.25) is 15.9 Å². The molecule has 1 aliphatic carbocycles. The van der Waals surface area contributed by atoms with Crippen LogP contribution in [0.1, 0.15) is 44.6 Å². The fraction of sp³-hybridized carbons (Fsp3) is 0.533. The second-order valence-electron chi connectivity index (χ2n) is 5.61. The molecule has 0 unspecified atom stereocenters. The molecular weight excluding hydrogens is 288 g/mol. The van der Waals surface area contributed by atoms with E-state index in [4.69, 9.17) is 0 Å². The van der Waals surface area contributed by atoms with Crippen molar-refractivity contribution in [3.8, 4) is 0 Å². The molecule has 0 saturated heterocycles. The first-order valence-corrected chi connectivity index (χ1v) is 8.77. The fourth-order valence-electron chi connectivity index (χ4n) is 2.64. The van der Waals surface area contributed by atoms with Gasteiger partial charge in [-0.05, 0) is 43.5 Å². The van der Waals surface area contributed by atoms with E-state index in [1.165, 1.54) is 19.4 Å². The summed E-state index contributed by atoms with van der Waals surface area (Å²) in [6.45, 7) is 3.21. The zero-order chi connectivity index (χ0) is 15.5. The molecule has 5 nitrogen and oxygen atoms in total. The normalized spacial score (nSPS) is 16.7. The van der Waals surface area contributed by atoms with Gasteiger partial charge in [0, 0.05) is 18.7 Å².